The molecule has 0 bridgehead atoms. The Labute approximate surface area is 129 Å². The summed E-state index contributed by atoms with van der Waals surface area (Å²) in [7, 11) is 0. The van der Waals surface area contributed by atoms with Gasteiger partial charge in [-0.25, -0.2) is 0 Å². The Hall–Kier alpha value is -2.14. The van der Waals surface area contributed by atoms with Gasteiger partial charge in [-0.3, -0.25) is 4.79 Å². The highest BCUT2D eigenvalue weighted by Crippen LogP contribution is 2.20. The molecule has 1 aliphatic rings. The lowest BCUT2D eigenvalue weighted by Gasteiger charge is -2.06. The highest BCUT2D eigenvalue weighted by atomic mass is 16.5. The van der Waals surface area contributed by atoms with E-state index in [1.807, 2.05) is 36.4 Å². The van der Waals surface area contributed by atoms with E-state index in [4.69, 9.17) is 9.26 Å². The van der Waals surface area contributed by atoms with Gasteiger partial charge in [0.2, 0.25) is 5.91 Å². The Bertz CT molecular complexity index is 603. The minimum atomic E-state index is 0.0520. The molecule has 1 saturated heterocycles. The number of carbonyl (C=O) groups excluding carboxylic acids is 1. The third-order valence-corrected chi connectivity index (χ3v) is 3.89. The van der Waals surface area contributed by atoms with Gasteiger partial charge < -0.3 is 14.6 Å². The summed E-state index contributed by atoms with van der Waals surface area (Å²) in [6.45, 7) is 2.01. The number of hydrogen-bond acceptors (Lipinski definition) is 4. The van der Waals surface area contributed by atoms with Crippen LogP contribution in [0.5, 0.6) is 0 Å². The second-order valence-corrected chi connectivity index (χ2v) is 5.59. The minimum Gasteiger partial charge on any atom is -0.381 e. The minimum absolute atomic E-state index is 0.0520. The summed E-state index contributed by atoms with van der Waals surface area (Å²) < 4.78 is 10.6. The number of amides is 1. The SMILES string of the molecule is O=C(CC[C@H]1CCOC1)NCc1cc(-c2ccccc2)on1. The molecule has 2 heterocycles. The highest BCUT2D eigenvalue weighted by Gasteiger charge is 2.16. The van der Waals surface area contributed by atoms with Gasteiger partial charge in [-0.2, -0.15) is 0 Å². The fourth-order valence-electron chi connectivity index (χ4n) is 2.56. The molecule has 116 valence electrons. The molecule has 0 aliphatic carbocycles. The molecule has 22 heavy (non-hydrogen) atoms. The van der Waals surface area contributed by atoms with Crippen molar-refractivity contribution in [3.8, 4) is 11.3 Å². The normalized spacial score (nSPS) is 17.5. The van der Waals surface area contributed by atoms with Gasteiger partial charge in [0, 0.05) is 31.3 Å². The summed E-state index contributed by atoms with van der Waals surface area (Å²) in [6.07, 6.45) is 2.49. The zero-order valence-electron chi connectivity index (χ0n) is 12.5. The molecule has 1 fully saturated rings. The summed E-state index contributed by atoms with van der Waals surface area (Å²) in [6, 6.07) is 11.6. The van der Waals surface area contributed by atoms with Crippen molar-refractivity contribution in [3.05, 3.63) is 42.1 Å². The molecule has 0 saturated carbocycles. The lowest BCUT2D eigenvalue weighted by Crippen LogP contribution is -2.23. The number of aromatic nitrogens is 1. The van der Waals surface area contributed by atoms with Gasteiger partial charge in [0.15, 0.2) is 5.76 Å². The number of rotatable bonds is 6. The van der Waals surface area contributed by atoms with Gasteiger partial charge in [-0.05, 0) is 18.8 Å². The maximum Gasteiger partial charge on any atom is 0.220 e. The standard InChI is InChI=1S/C17H20N2O3/c20-17(7-6-13-8-9-21-12-13)18-11-15-10-16(22-19-15)14-4-2-1-3-5-14/h1-5,10,13H,6-9,11-12H2,(H,18,20)/t13-/m0/s1. The Morgan fingerprint density at radius 1 is 1.32 bits per heavy atom. The highest BCUT2D eigenvalue weighted by molar-refractivity contribution is 5.75. The number of nitrogens with one attached hydrogen (secondary N) is 1. The quantitative estimate of drug-likeness (QED) is 0.891. The molecule has 1 aromatic carbocycles. The predicted molar refractivity (Wildman–Crippen MR) is 81.9 cm³/mol. The lowest BCUT2D eigenvalue weighted by atomic mass is 10.0. The van der Waals surface area contributed by atoms with Crippen LogP contribution in [0.1, 0.15) is 25.0 Å². The van der Waals surface area contributed by atoms with E-state index in [1.165, 1.54) is 0 Å². The average molecular weight is 300 g/mol. The monoisotopic (exact) mass is 300 g/mol. The van der Waals surface area contributed by atoms with Crippen LogP contribution >= 0.6 is 0 Å². The smallest absolute Gasteiger partial charge is 0.220 e. The molecule has 0 unspecified atom stereocenters. The van der Waals surface area contributed by atoms with Crippen molar-refractivity contribution in [1.82, 2.24) is 10.5 Å². The van der Waals surface area contributed by atoms with Crippen LogP contribution in [-0.2, 0) is 16.1 Å². The summed E-state index contributed by atoms with van der Waals surface area (Å²) in [5, 5.41) is 6.88. The molecular formula is C17H20N2O3. The molecule has 1 N–H and O–H groups in total. The van der Waals surface area contributed by atoms with E-state index in [0.29, 0.717) is 24.6 Å². The molecule has 0 spiro atoms. The van der Waals surface area contributed by atoms with Crippen LogP contribution in [0.2, 0.25) is 0 Å². The Morgan fingerprint density at radius 2 is 2.18 bits per heavy atom. The first kappa shape index (κ1) is 14.8. The number of nitrogens with zero attached hydrogens (tertiary/aromatic N) is 1. The van der Waals surface area contributed by atoms with Crippen LogP contribution in [0.25, 0.3) is 11.3 Å². The maximum atomic E-state index is 11.8. The molecule has 1 amide bonds. The number of hydrogen-bond donors (Lipinski definition) is 1. The number of carbonyl (C=O) groups is 1. The molecule has 1 aromatic heterocycles. The molecule has 1 aliphatic heterocycles. The molecular weight excluding hydrogens is 280 g/mol. The van der Waals surface area contributed by atoms with Crippen LogP contribution in [0.4, 0.5) is 0 Å². The first-order chi connectivity index (χ1) is 10.8. The van der Waals surface area contributed by atoms with Gasteiger partial charge in [0.05, 0.1) is 6.54 Å². The van der Waals surface area contributed by atoms with Crippen molar-refractivity contribution in [2.75, 3.05) is 13.2 Å². The van der Waals surface area contributed by atoms with Crippen molar-refractivity contribution in [1.29, 1.82) is 0 Å². The van der Waals surface area contributed by atoms with E-state index >= 15 is 0 Å². The zero-order chi connectivity index (χ0) is 15.2. The lowest BCUT2D eigenvalue weighted by molar-refractivity contribution is -0.121. The van der Waals surface area contributed by atoms with Crippen LogP contribution < -0.4 is 5.32 Å². The molecule has 3 rings (SSSR count). The Morgan fingerprint density at radius 3 is 2.95 bits per heavy atom. The first-order valence-corrected chi connectivity index (χ1v) is 7.67. The van der Waals surface area contributed by atoms with Crippen LogP contribution in [0.3, 0.4) is 0 Å². The molecule has 5 heteroatoms. The number of benzene rings is 1. The third-order valence-electron chi connectivity index (χ3n) is 3.89. The van der Waals surface area contributed by atoms with Crippen LogP contribution in [0.15, 0.2) is 40.9 Å². The summed E-state index contributed by atoms with van der Waals surface area (Å²) >= 11 is 0. The van der Waals surface area contributed by atoms with Crippen molar-refractivity contribution < 1.29 is 14.1 Å². The maximum absolute atomic E-state index is 11.8. The number of ether oxygens (including phenoxy) is 1. The van der Waals surface area contributed by atoms with E-state index in [1.54, 1.807) is 0 Å². The van der Waals surface area contributed by atoms with Crippen molar-refractivity contribution in [3.63, 3.8) is 0 Å². The van der Waals surface area contributed by atoms with E-state index in [9.17, 15) is 4.79 Å². The molecule has 2 aromatic rings. The van der Waals surface area contributed by atoms with Crippen LogP contribution in [0, 0.1) is 5.92 Å². The largest absolute Gasteiger partial charge is 0.381 e. The van der Waals surface area contributed by atoms with E-state index in [2.05, 4.69) is 10.5 Å². The summed E-state index contributed by atoms with van der Waals surface area (Å²) in [5.41, 5.74) is 1.71. The van der Waals surface area contributed by atoms with Crippen molar-refractivity contribution in [2.45, 2.75) is 25.8 Å². The fourth-order valence-corrected chi connectivity index (χ4v) is 2.56. The van der Waals surface area contributed by atoms with Gasteiger partial charge in [0.25, 0.3) is 0 Å². The van der Waals surface area contributed by atoms with Crippen molar-refractivity contribution >= 4 is 5.91 Å². The Kier molecular flexibility index (Phi) is 4.85. The average Bonchev–Trinajstić information content (AvgIpc) is 3.23. The molecule has 5 nitrogen and oxygen atoms in total. The summed E-state index contributed by atoms with van der Waals surface area (Å²) in [5.74, 6) is 1.30. The van der Waals surface area contributed by atoms with Gasteiger partial charge in [0.1, 0.15) is 5.69 Å². The topological polar surface area (TPSA) is 64.4 Å². The predicted octanol–water partition coefficient (Wildman–Crippen LogP) is 2.77. The first-order valence-electron chi connectivity index (χ1n) is 7.67. The molecule has 1 atom stereocenters. The van der Waals surface area contributed by atoms with E-state index in [0.717, 1.165) is 37.3 Å². The van der Waals surface area contributed by atoms with E-state index in [-0.39, 0.29) is 5.91 Å². The van der Waals surface area contributed by atoms with Gasteiger partial charge >= 0.3 is 0 Å². The molecule has 0 radical (unpaired) electrons. The Balaban J connectivity index is 1.45. The van der Waals surface area contributed by atoms with Gasteiger partial charge in [-0.15, -0.1) is 0 Å². The second-order valence-electron chi connectivity index (χ2n) is 5.59. The van der Waals surface area contributed by atoms with Crippen LogP contribution in [-0.4, -0.2) is 24.3 Å². The summed E-state index contributed by atoms with van der Waals surface area (Å²) in [4.78, 5) is 11.8. The fraction of sp³-hybridized carbons (Fsp3) is 0.412. The second kappa shape index (κ2) is 7.22. The zero-order valence-corrected chi connectivity index (χ0v) is 12.5. The van der Waals surface area contributed by atoms with E-state index < -0.39 is 0 Å². The third kappa shape index (κ3) is 3.95. The van der Waals surface area contributed by atoms with Crippen molar-refractivity contribution in [2.24, 2.45) is 5.92 Å². The van der Waals surface area contributed by atoms with Gasteiger partial charge in [-0.1, -0.05) is 35.5 Å².